The molecule has 0 fully saturated rings. The summed E-state index contributed by atoms with van der Waals surface area (Å²) in [7, 11) is -9.96. The first kappa shape index (κ1) is 98.0. The fraction of sp³-hybridized carbons (Fsp3) is 0.759. The third-order valence-electron chi connectivity index (χ3n) is 17.0. The number of hydrogen-bond donors (Lipinski definition) is 3. The van der Waals surface area contributed by atoms with Crippen LogP contribution in [0.1, 0.15) is 349 Å². The number of esters is 4. The van der Waals surface area contributed by atoms with Gasteiger partial charge in [-0.05, 0) is 122 Å². The van der Waals surface area contributed by atoms with E-state index in [1.165, 1.54) is 83.5 Å². The van der Waals surface area contributed by atoms with E-state index in [1.54, 1.807) is 0 Å². The minimum absolute atomic E-state index is 0.0750. The Morgan fingerprint density at radius 3 is 0.843 bits per heavy atom. The molecular formula is C83H146O17P2. The molecular weight excluding hydrogens is 1330 g/mol. The summed E-state index contributed by atoms with van der Waals surface area (Å²) < 4.78 is 68.6. The van der Waals surface area contributed by atoms with Crippen molar-refractivity contribution in [3.8, 4) is 0 Å². The minimum Gasteiger partial charge on any atom is -0.462 e. The molecule has 0 aliphatic rings. The molecule has 0 aliphatic heterocycles. The summed E-state index contributed by atoms with van der Waals surface area (Å²) >= 11 is 0. The Morgan fingerprint density at radius 2 is 0.529 bits per heavy atom. The molecule has 0 amide bonds. The van der Waals surface area contributed by atoms with Gasteiger partial charge in [0, 0.05) is 25.7 Å². The lowest BCUT2D eigenvalue weighted by atomic mass is 10.0. The highest BCUT2D eigenvalue weighted by atomic mass is 31.2. The van der Waals surface area contributed by atoms with E-state index in [1.807, 2.05) is 0 Å². The first-order valence-corrected chi connectivity index (χ1v) is 43.5. The SMILES string of the molecule is CC/C=C\C/C=C\C/C=C\CCCCCCCC(=O)OCC(COP(=O)(O)OCC(O)COP(=O)(O)OCC(COC(=O)CCCCCCCC/C=C\C/C=C\C/C=C\CCCCC)OC(=O)CCCCCCCCCCCCCCCCC)OC(=O)CCCCCCC/C=C\C/C=C\CCC. The third kappa shape index (κ3) is 74.3. The number of carbonyl (C=O) groups excluding carboxylic acids is 4. The molecule has 102 heavy (non-hydrogen) atoms. The molecule has 0 aromatic heterocycles. The van der Waals surface area contributed by atoms with Crippen molar-refractivity contribution in [1.29, 1.82) is 0 Å². The van der Waals surface area contributed by atoms with Crippen molar-refractivity contribution < 1.29 is 80.2 Å². The molecule has 0 radical (unpaired) electrons. The van der Waals surface area contributed by atoms with Gasteiger partial charge in [-0.2, -0.15) is 0 Å². The minimum atomic E-state index is -4.98. The second-order valence-corrected chi connectivity index (χ2v) is 29.9. The van der Waals surface area contributed by atoms with E-state index in [0.29, 0.717) is 25.7 Å². The summed E-state index contributed by atoms with van der Waals surface area (Å²) in [6.45, 7) is 4.67. The molecule has 5 atom stereocenters. The Kier molecular flexibility index (Phi) is 72.3. The van der Waals surface area contributed by atoms with Crippen molar-refractivity contribution >= 4 is 39.5 Å². The number of hydrogen-bond acceptors (Lipinski definition) is 15. The van der Waals surface area contributed by atoms with Crippen LogP contribution in [0.15, 0.2) is 97.2 Å². The molecule has 0 heterocycles. The molecule has 3 N–H and O–H groups in total. The van der Waals surface area contributed by atoms with Crippen LogP contribution in [0.25, 0.3) is 0 Å². The maximum atomic E-state index is 13.1. The van der Waals surface area contributed by atoms with E-state index in [4.69, 9.17) is 37.0 Å². The fourth-order valence-corrected chi connectivity index (χ4v) is 12.4. The molecule has 17 nitrogen and oxygen atoms in total. The van der Waals surface area contributed by atoms with E-state index < -0.39 is 97.5 Å². The average molecular weight is 1480 g/mol. The first-order chi connectivity index (χ1) is 49.7. The fourth-order valence-electron chi connectivity index (χ4n) is 10.9. The summed E-state index contributed by atoms with van der Waals surface area (Å²) in [5, 5.41) is 10.6. The second kappa shape index (κ2) is 75.2. The van der Waals surface area contributed by atoms with Crippen LogP contribution in [-0.4, -0.2) is 96.7 Å². The van der Waals surface area contributed by atoms with Gasteiger partial charge in [0.2, 0.25) is 0 Å². The third-order valence-corrected chi connectivity index (χ3v) is 18.9. The van der Waals surface area contributed by atoms with E-state index in [0.717, 1.165) is 186 Å². The lowest BCUT2D eigenvalue weighted by molar-refractivity contribution is -0.161. The van der Waals surface area contributed by atoms with Crippen LogP contribution in [0.2, 0.25) is 0 Å². The largest absolute Gasteiger partial charge is 0.472 e. The molecule has 19 heteroatoms. The van der Waals surface area contributed by atoms with Gasteiger partial charge < -0.3 is 33.8 Å². The van der Waals surface area contributed by atoms with E-state index in [2.05, 4.69) is 125 Å². The zero-order valence-electron chi connectivity index (χ0n) is 64.5. The van der Waals surface area contributed by atoms with Gasteiger partial charge in [-0.1, -0.05) is 298 Å². The Bertz CT molecular complexity index is 2310. The predicted molar refractivity (Wildman–Crippen MR) is 418 cm³/mol. The average Bonchev–Trinajstić information content (AvgIpc) is 0.909. The number of phosphoric ester groups is 2. The van der Waals surface area contributed by atoms with Crippen LogP contribution in [0.3, 0.4) is 0 Å². The number of aliphatic hydroxyl groups is 1. The van der Waals surface area contributed by atoms with Crippen molar-refractivity contribution in [1.82, 2.24) is 0 Å². The second-order valence-electron chi connectivity index (χ2n) is 27.0. The topological polar surface area (TPSA) is 237 Å². The summed E-state index contributed by atoms with van der Waals surface area (Å²) in [6.07, 6.45) is 79.5. The molecule has 0 bridgehead atoms. The summed E-state index contributed by atoms with van der Waals surface area (Å²) in [5.74, 6) is -2.20. The maximum Gasteiger partial charge on any atom is 0.472 e. The molecule has 0 aromatic carbocycles. The standard InChI is InChI=1S/C83H146O17P2/c1-5-9-13-17-21-25-29-33-36-37-38-39-42-45-48-52-56-60-64-68-81(86)94-74-79(100-83(88)70-66-62-58-54-50-46-41-35-31-27-23-19-15-11-7-3)76-98-102(91,92)96-72-77(84)71-95-101(89,90)97-75-78(99-82(87)69-65-61-57-53-49-43-32-28-24-20-16-12-8-4)73-93-80(85)67-63-59-55-51-47-44-40-34-30-26-22-18-14-10-6-2/h10,14,16,20-22,25-26,28,32-34,36,38-40,77-79,84H,5-9,11-13,15,17-19,23-24,27,29-31,35,37,41-76H2,1-4H3,(H,89,90)(H,91,92)/b14-10-,20-16-,25-21-,26-22-,32-28-,36-33-,39-38-,40-34-. The van der Waals surface area contributed by atoms with E-state index in [9.17, 15) is 43.2 Å². The van der Waals surface area contributed by atoms with Gasteiger partial charge in [0.1, 0.15) is 19.3 Å². The molecule has 590 valence electrons. The molecule has 0 aromatic rings. The lowest BCUT2D eigenvalue weighted by Crippen LogP contribution is -2.30. The Balaban J connectivity index is 5.35. The van der Waals surface area contributed by atoms with Crippen LogP contribution < -0.4 is 0 Å². The highest BCUT2D eigenvalue weighted by Crippen LogP contribution is 2.45. The Morgan fingerprint density at radius 1 is 0.284 bits per heavy atom. The van der Waals surface area contributed by atoms with Crippen molar-refractivity contribution in [3.05, 3.63) is 97.2 Å². The van der Waals surface area contributed by atoms with Gasteiger partial charge in [-0.25, -0.2) is 9.13 Å². The van der Waals surface area contributed by atoms with Gasteiger partial charge in [0.15, 0.2) is 12.2 Å². The van der Waals surface area contributed by atoms with Crippen molar-refractivity contribution in [3.63, 3.8) is 0 Å². The number of allylic oxidation sites excluding steroid dienone is 16. The smallest absolute Gasteiger partial charge is 0.462 e. The molecule has 0 rings (SSSR count). The van der Waals surface area contributed by atoms with Crippen LogP contribution in [0.4, 0.5) is 0 Å². The zero-order valence-corrected chi connectivity index (χ0v) is 66.3. The van der Waals surface area contributed by atoms with Crippen LogP contribution in [-0.2, 0) is 65.4 Å². The maximum absolute atomic E-state index is 13.1. The molecule has 0 spiro atoms. The van der Waals surface area contributed by atoms with Crippen LogP contribution >= 0.6 is 15.6 Å². The number of aliphatic hydroxyl groups excluding tert-OH is 1. The highest BCUT2D eigenvalue weighted by Gasteiger charge is 2.30. The normalized spacial score (nSPS) is 14.4. The lowest BCUT2D eigenvalue weighted by Gasteiger charge is -2.21. The van der Waals surface area contributed by atoms with Gasteiger partial charge in [0.25, 0.3) is 0 Å². The van der Waals surface area contributed by atoms with Gasteiger partial charge in [0.05, 0.1) is 26.4 Å². The number of unbranched alkanes of at least 4 members (excludes halogenated alkanes) is 34. The number of ether oxygens (including phenoxy) is 4. The molecule has 5 unspecified atom stereocenters. The number of phosphoric acid groups is 2. The monoisotopic (exact) mass is 1480 g/mol. The summed E-state index contributed by atoms with van der Waals surface area (Å²) in [5.41, 5.74) is 0. The van der Waals surface area contributed by atoms with Crippen molar-refractivity contribution in [2.45, 2.75) is 367 Å². The predicted octanol–water partition coefficient (Wildman–Crippen LogP) is 23.6. The van der Waals surface area contributed by atoms with Gasteiger partial charge >= 0.3 is 39.5 Å². The summed E-state index contributed by atoms with van der Waals surface area (Å²) in [6, 6.07) is 0. The van der Waals surface area contributed by atoms with Gasteiger partial charge in [-0.15, -0.1) is 0 Å². The Labute approximate surface area is 620 Å². The van der Waals surface area contributed by atoms with E-state index >= 15 is 0 Å². The van der Waals surface area contributed by atoms with Crippen LogP contribution in [0.5, 0.6) is 0 Å². The molecule has 0 saturated heterocycles. The van der Waals surface area contributed by atoms with Crippen molar-refractivity contribution in [2.75, 3.05) is 39.6 Å². The van der Waals surface area contributed by atoms with Crippen LogP contribution in [0, 0.1) is 0 Å². The molecule has 0 aliphatic carbocycles. The van der Waals surface area contributed by atoms with Crippen molar-refractivity contribution in [2.24, 2.45) is 0 Å². The first-order valence-electron chi connectivity index (χ1n) is 40.5. The van der Waals surface area contributed by atoms with E-state index in [-0.39, 0.29) is 25.7 Å². The highest BCUT2D eigenvalue weighted by molar-refractivity contribution is 7.47. The number of carbonyl (C=O) groups is 4. The zero-order chi connectivity index (χ0) is 74.6. The van der Waals surface area contributed by atoms with Gasteiger partial charge in [-0.3, -0.25) is 37.3 Å². The number of rotatable bonds is 76. The Hall–Kier alpha value is -4.02. The quantitative estimate of drug-likeness (QED) is 0.0169. The molecule has 0 saturated carbocycles. The summed E-state index contributed by atoms with van der Waals surface area (Å²) in [4.78, 5) is 73.0.